The Morgan fingerprint density at radius 3 is 2.36 bits per heavy atom. The summed E-state index contributed by atoms with van der Waals surface area (Å²) in [5, 5.41) is 33.8. The van der Waals surface area contributed by atoms with Crippen molar-refractivity contribution in [3.05, 3.63) is 66.7 Å². The van der Waals surface area contributed by atoms with E-state index >= 15 is 0 Å². The molecule has 0 fully saturated rings. The van der Waals surface area contributed by atoms with Crippen LogP contribution in [0.2, 0.25) is 0 Å². The van der Waals surface area contributed by atoms with E-state index in [1.54, 1.807) is 54.6 Å². The van der Waals surface area contributed by atoms with E-state index < -0.39 is 0 Å². The molecule has 3 aromatic carbocycles. The van der Waals surface area contributed by atoms with Crippen LogP contribution in [0, 0.1) is 0 Å². The highest BCUT2D eigenvalue weighted by molar-refractivity contribution is 5.91. The summed E-state index contributed by atoms with van der Waals surface area (Å²) in [6.07, 6.45) is 0. The molecule has 0 atom stereocenters. The molecule has 0 unspecified atom stereocenters. The number of fused-ring (bicyclic) bond motifs is 1. The fraction of sp³-hybridized carbons (Fsp3) is 0. The quantitative estimate of drug-likeness (QED) is 0.588. The molecule has 4 N–H and O–H groups in total. The van der Waals surface area contributed by atoms with E-state index in [0.29, 0.717) is 16.9 Å². The fourth-order valence-corrected chi connectivity index (χ4v) is 2.34. The van der Waals surface area contributed by atoms with Crippen molar-refractivity contribution in [2.24, 2.45) is 0 Å². The number of rotatable bonds is 3. The Morgan fingerprint density at radius 1 is 0.818 bits per heavy atom. The van der Waals surface area contributed by atoms with Gasteiger partial charge >= 0.3 is 0 Å². The van der Waals surface area contributed by atoms with Crippen LogP contribution in [-0.4, -0.2) is 15.3 Å². The maximum atomic E-state index is 10.2. The van der Waals surface area contributed by atoms with Gasteiger partial charge in [-0.05, 0) is 47.2 Å². The van der Waals surface area contributed by atoms with Gasteiger partial charge in [-0.2, -0.15) is 0 Å². The molecule has 0 radical (unpaired) electrons. The first-order valence-electron chi connectivity index (χ1n) is 6.74. The predicted molar refractivity (Wildman–Crippen MR) is 88.0 cm³/mol. The average molecular weight is 293 g/mol. The standard InChI is InChI=1S/C18H15NO3/c1-11(19-14-3-2-4-15(20)10-14)17-8-12-5-6-16(21)7-13(12)9-18(17)22/h2-10,19-22H,1H2. The van der Waals surface area contributed by atoms with Gasteiger partial charge in [0, 0.05) is 23.0 Å². The van der Waals surface area contributed by atoms with Crippen molar-refractivity contribution >= 4 is 22.2 Å². The van der Waals surface area contributed by atoms with Gasteiger partial charge in [0.25, 0.3) is 0 Å². The molecule has 0 bridgehead atoms. The lowest BCUT2D eigenvalue weighted by Gasteiger charge is -2.13. The summed E-state index contributed by atoms with van der Waals surface area (Å²) >= 11 is 0. The monoisotopic (exact) mass is 293 g/mol. The molecule has 4 nitrogen and oxygen atoms in total. The average Bonchev–Trinajstić information content (AvgIpc) is 2.46. The normalized spacial score (nSPS) is 10.5. The van der Waals surface area contributed by atoms with E-state index in [4.69, 9.17) is 0 Å². The van der Waals surface area contributed by atoms with Gasteiger partial charge in [0.2, 0.25) is 0 Å². The van der Waals surface area contributed by atoms with Gasteiger partial charge in [0.15, 0.2) is 0 Å². The van der Waals surface area contributed by atoms with E-state index in [2.05, 4.69) is 11.9 Å². The minimum Gasteiger partial charge on any atom is -0.508 e. The van der Waals surface area contributed by atoms with Crippen LogP contribution in [0.4, 0.5) is 5.69 Å². The highest BCUT2D eigenvalue weighted by Crippen LogP contribution is 2.32. The van der Waals surface area contributed by atoms with Gasteiger partial charge in [0.1, 0.15) is 17.2 Å². The zero-order chi connectivity index (χ0) is 15.7. The predicted octanol–water partition coefficient (Wildman–Crippen LogP) is 4.04. The summed E-state index contributed by atoms with van der Waals surface area (Å²) in [6.45, 7) is 3.93. The number of hydrogen-bond donors (Lipinski definition) is 4. The largest absolute Gasteiger partial charge is 0.508 e. The van der Waals surface area contributed by atoms with Gasteiger partial charge < -0.3 is 20.6 Å². The Morgan fingerprint density at radius 2 is 1.59 bits per heavy atom. The van der Waals surface area contributed by atoms with E-state index in [9.17, 15) is 15.3 Å². The third-order valence-corrected chi connectivity index (χ3v) is 3.40. The van der Waals surface area contributed by atoms with Crippen molar-refractivity contribution in [3.63, 3.8) is 0 Å². The van der Waals surface area contributed by atoms with Crippen molar-refractivity contribution in [3.8, 4) is 17.2 Å². The highest BCUT2D eigenvalue weighted by Gasteiger charge is 2.09. The molecule has 110 valence electrons. The van der Waals surface area contributed by atoms with Crippen molar-refractivity contribution in [2.45, 2.75) is 0 Å². The molecule has 0 aliphatic heterocycles. The topological polar surface area (TPSA) is 72.7 Å². The molecule has 0 saturated carbocycles. The van der Waals surface area contributed by atoms with Crippen LogP contribution >= 0.6 is 0 Å². The number of nitrogens with one attached hydrogen (secondary N) is 1. The lowest BCUT2D eigenvalue weighted by Crippen LogP contribution is -1.97. The summed E-state index contributed by atoms with van der Waals surface area (Å²) in [5.41, 5.74) is 1.75. The summed E-state index contributed by atoms with van der Waals surface area (Å²) in [4.78, 5) is 0. The maximum Gasteiger partial charge on any atom is 0.125 e. The lowest BCUT2D eigenvalue weighted by atomic mass is 10.0. The fourth-order valence-electron chi connectivity index (χ4n) is 2.34. The Labute approximate surface area is 127 Å². The molecule has 0 aliphatic carbocycles. The van der Waals surface area contributed by atoms with Gasteiger partial charge in [0.05, 0.1) is 0 Å². The maximum absolute atomic E-state index is 10.2. The first kappa shape index (κ1) is 13.8. The molecule has 0 saturated heterocycles. The van der Waals surface area contributed by atoms with Crippen molar-refractivity contribution < 1.29 is 15.3 Å². The number of anilines is 1. The molecule has 4 heteroatoms. The van der Waals surface area contributed by atoms with Crippen LogP contribution in [0.25, 0.3) is 16.5 Å². The van der Waals surface area contributed by atoms with Crippen molar-refractivity contribution in [1.29, 1.82) is 0 Å². The number of phenolic OH excluding ortho intramolecular Hbond substituents is 3. The third kappa shape index (κ3) is 2.67. The minimum atomic E-state index is 0.0655. The number of hydrogen-bond acceptors (Lipinski definition) is 4. The summed E-state index contributed by atoms with van der Waals surface area (Å²) in [5.74, 6) is 0.364. The van der Waals surface area contributed by atoms with Crippen molar-refractivity contribution in [2.75, 3.05) is 5.32 Å². The van der Waals surface area contributed by atoms with Crippen molar-refractivity contribution in [1.82, 2.24) is 0 Å². The molecule has 0 spiro atoms. The Bertz CT molecular complexity index is 871. The molecule has 0 aromatic heterocycles. The van der Waals surface area contributed by atoms with Gasteiger partial charge in [-0.3, -0.25) is 0 Å². The van der Waals surface area contributed by atoms with Gasteiger partial charge in [-0.1, -0.05) is 18.7 Å². The smallest absolute Gasteiger partial charge is 0.125 e. The third-order valence-electron chi connectivity index (χ3n) is 3.40. The van der Waals surface area contributed by atoms with Crippen LogP contribution in [0.5, 0.6) is 17.2 Å². The first-order valence-corrected chi connectivity index (χ1v) is 6.74. The summed E-state index contributed by atoms with van der Waals surface area (Å²) in [6, 6.07) is 15.0. The van der Waals surface area contributed by atoms with E-state index in [-0.39, 0.29) is 17.2 Å². The Hall–Kier alpha value is -3.14. The molecule has 0 heterocycles. The Kier molecular flexibility index (Phi) is 3.35. The number of phenols is 3. The second-order valence-corrected chi connectivity index (χ2v) is 5.05. The van der Waals surface area contributed by atoms with E-state index in [1.165, 1.54) is 0 Å². The second-order valence-electron chi connectivity index (χ2n) is 5.05. The van der Waals surface area contributed by atoms with Crippen LogP contribution in [-0.2, 0) is 0 Å². The summed E-state index contributed by atoms with van der Waals surface area (Å²) < 4.78 is 0. The highest BCUT2D eigenvalue weighted by atomic mass is 16.3. The number of aromatic hydroxyl groups is 3. The zero-order valence-electron chi connectivity index (χ0n) is 11.7. The SMILES string of the molecule is C=C(Nc1cccc(O)c1)c1cc2ccc(O)cc2cc1O. The molecular weight excluding hydrogens is 278 g/mol. The van der Waals surface area contributed by atoms with Crippen LogP contribution in [0.3, 0.4) is 0 Å². The van der Waals surface area contributed by atoms with E-state index in [0.717, 1.165) is 10.8 Å². The minimum absolute atomic E-state index is 0.0655. The molecule has 3 aromatic rings. The van der Waals surface area contributed by atoms with Crippen LogP contribution < -0.4 is 5.32 Å². The van der Waals surface area contributed by atoms with Crippen LogP contribution in [0.15, 0.2) is 61.2 Å². The second kappa shape index (κ2) is 5.33. The summed E-state index contributed by atoms with van der Waals surface area (Å²) in [7, 11) is 0. The van der Waals surface area contributed by atoms with Gasteiger partial charge in [-0.15, -0.1) is 0 Å². The van der Waals surface area contributed by atoms with Gasteiger partial charge in [-0.25, -0.2) is 0 Å². The first-order chi connectivity index (χ1) is 10.5. The zero-order valence-corrected chi connectivity index (χ0v) is 11.7. The van der Waals surface area contributed by atoms with Crippen LogP contribution in [0.1, 0.15) is 5.56 Å². The molecular formula is C18H15NO3. The number of benzene rings is 3. The molecule has 0 amide bonds. The molecule has 3 rings (SSSR count). The Balaban J connectivity index is 1.96. The molecule has 0 aliphatic rings. The lowest BCUT2D eigenvalue weighted by molar-refractivity contribution is 0.473. The molecule has 22 heavy (non-hydrogen) atoms. The van der Waals surface area contributed by atoms with E-state index in [1.807, 2.05) is 0 Å².